The first-order chi connectivity index (χ1) is 18.2. The molecule has 2 amide bonds. The third-order valence-electron chi connectivity index (χ3n) is 6.35. The van der Waals surface area contributed by atoms with Crippen LogP contribution in [0.2, 0.25) is 0 Å². The quantitative estimate of drug-likeness (QED) is 0.138. The average Bonchev–Trinajstić information content (AvgIpc) is 3.63. The lowest BCUT2D eigenvalue weighted by molar-refractivity contribution is -0.440. The molecule has 2 aliphatic rings. The number of amides is 2. The Labute approximate surface area is 222 Å². The van der Waals surface area contributed by atoms with Gasteiger partial charge in [-0.1, -0.05) is 30.3 Å². The van der Waals surface area contributed by atoms with Crippen LogP contribution in [0.3, 0.4) is 0 Å². The number of carbonyl (C=O) groups is 2. The summed E-state index contributed by atoms with van der Waals surface area (Å²) in [5.41, 5.74) is 0.602. The summed E-state index contributed by atoms with van der Waals surface area (Å²) in [6.07, 6.45) is -8.84. The van der Waals surface area contributed by atoms with Crippen molar-refractivity contribution in [1.82, 2.24) is 10.6 Å². The third kappa shape index (κ3) is 6.76. The van der Waals surface area contributed by atoms with Crippen molar-refractivity contribution in [2.75, 3.05) is 10.8 Å². The molecule has 15 heteroatoms. The molecule has 1 fully saturated rings. The number of hydrogen-bond acceptors (Lipinski definition) is 6. The molecule has 1 atom stereocenters. The monoisotopic (exact) mass is 581 g/mol. The Balaban J connectivity index is 1.51. The Kier molecular flexibility index (Phi) is 8.06. The molecule has 0 spiro atoms. The van der Waals surface area contributed by atoms with E-state index < -0.39 is 41.8 Å². The summed E-state index contributed by atoms with van der Waals surface area (Å²) < 4.78 is 95.8. The molecule has 0 unspecified atom stereocenters. The molecule has 212 valence electrons. The fourth-order valence-electron chi connectivity index (χ4n) is 4.29. The lowest BCUT2D eigenvalue weighted by atomic mass is 9.94. The first-order valence-electron chi connectivity index (χ1n) is 11.7. The van der Waals surface area contributed by atoms with Gasteiger partial charge < -0.3 is 10.6 Å². The highest BCUT2D eigenvalue weighted by molar-refractivity contribution is 7.96. The summed E-state index contributed by atoms with van der Waals surface area (Å²) in [4.78, 5) is 27.3. The average molecular weight is 582 g/mol. The third-order valence-corrected chi connectivity index (χ3v) is 7.02. The van der Waals surface area contributed by atoms with Crippen LogP contribution in [0, 0.1) is 5.82 Å². The van der Waals surface area contributed by atoms with Gasteiger partial charge in [0.05, 0.1) is 11.7 Å². The van der Waals surface area contributed by atoms with Crippen molar-refractivity contribution in [2.24, 2.45) is 0 Å². The molecular formula is C24H22F7N3O4S. The molecule has 2 aromatic carbocycles. The van der Waals surface area contributed by atoms with E-state index >= 15 is 4.39 Å². The number of nitrogens with zero attached hydrogens (tertiary/aromatic N) is 1. The van der Waals surface area contributed by atoms with Crippen LogP contribution < -0.4 is 14.9 Å². The Morgan fingerprint density at radius 3 is 2.44 bits per heavy atom. The fraction of sp³-hybridized carbons (Fsp3) is 0.417. The topological polar surface area (TPSA) is 79.9 Å². The molecule has 0 saturated heterocycles. The number of benzene rings is 2. The van der Waals surface area contributed by atoms with Crippen LogP contribution in [0.5, 0.6) is 0 Å². The van der Waals surface area contributed by atoms with Crippen molar-refractivity contribution in [3.05, 3.63) is 53.3 Å². The molecule has 39 heavy (non-hydrogen) atoms. The number of fused-ring (bicyclic) bond motifs is 1. The maximum atomic E-state index is 15.2. The second-order valence-electron chi connectivity index (χ2n) is 9.16. The number of hydrogen-bond donors (Lipinski definition) is 2. The molecule has 4 rings (SSSR count). The first kappa shape index (κ1) is 29.0. The Hall–Kier alpha value is -3.04. The number of aryl methyl sites for hydroxylation is 1. The zero-order valence-electron chi connectivity index (χ0n) is 20.2. The van der Waals surface area contributed by atoms with Crippen LogP contribution in [0.25, 0.3) is 11.1 Å². The van der Waals surface area contributed by atoms with Gasteiger partial charge in [-0.15, -0.1) is 22.4 Å². The molecule has 1 aliphatic heterocycles. The predicted octanol–water partition coefficient (Wildman–Crippen LogP) is 5.66. The predicted molar refractivity (Wildman–Crippen MR) is 126 cm³/mol. The molecular weight excluding hydrogens is 559 g/mol. The minimum Gasteiger partial charge on any atom is -0.347 e. The number of rotatable bonds is 8. The van der Waals surface area contributed by atoms with Crippen molar-refractivity contribution < 1.29 is 49.5 Å². The summed E-state index contributed by atoms with van der Waals surface area (Å²) in [6.45, 7) is 1.78. The smallest absolute Gasteiger partial charge is 0.347 e. The van der Waals surface area contributed by atoms with Gasteiger partial charge in [0.25, 0.3) is 0 Å². The van der Waals surface area contributed by atoms with Crippen molar-refractivity contribution in [1.29, 1.82) is 0 Å². The van der Waals surface area contributed by atoms with Crippen LogP contribution in [0.15, 0.2) is 36.4 Å². The minimum absolute atomic E-state index is 0.0140. The number of halogens is 7. The van der Waals surface area contributed by atoms with E-state index in [2.05, 4.69) is 14.5 Å². The number of anilines is 1. The van der Waals surface area contributed by atoms with Gasteiger partial charge in [-0.3, -0.25) is 13.9 Å². The highest BCUT2D eigenvalue weighted by Gasteiger charge is 2.55. The van der Waals surface area contributed by atoms with E-state index in [0.717, 1.165) is 5.56 Å². The highest BCUT2D eigenvalue weighted by atomic mass is 32.2. The van der Waals surface area contributed by atoms with Crippen LogP contribution >= 0.6 is 12.2 Å². The Morgan fingerprint density at radius 1 is 1.10 bits per heavy atom. The molecule has 1 aliphatic carbocycles. The van der Waals surface area contributed by atoms with E-state index in [1.165, 1.54) is 23.4 Å². The minimum atomic E-state index is -5.15. The molecule has 0 bridgehead atoms. The molecule has 1 heterocycles. The number of nitrogens with one attached hydrogen (secondary N) is 2. The Bertz CT molecular complexity index is 1250. The molecule has 2 aromatic rings. The van der Waals surface area contributed by atoms with Crippen molar-refractivity contribution >= 4 is 29.7 Å². The fourth-order valence-corrected chi connectivity index (χ4v) is 4.97. The highest BCUT2D eigenvalue weighted by Crippen LogP contribution is 2.42. The SMILES string of the molecule is C[C@@H](NC(=O)C1(NC(=O)C(F)(F)F)CC1)c1ccc(-c2cccc3c2N(SOOC(F)(F)F)CCC3)cc1F. The van der Waals surface area contributed by atoms with E-state index in [4.69, 9.17) is 0 Å². The van der Waals surface area contributed by atoms with E-state index in [0.29, 0.717) is 48.4 Å². The summed E-state index contributed by atoms with van der Waals surface area (Å²) in [7, 11) is 0. The molecule has 2 N–H and O–H groups in total. The number of alkyl halides is 6. The largest absolute Gasteiger partial charge is 0.550 e. The molecule has 1 saturated carbocycles. The van der Waals surface area contributed by atoms with Gasteiger partial charge in [-0.2, -0.15) is 13.2 Å². The van der Waals surface area contributed by atoms with E-state index in [-0.39, 0.29) is 18.4 Å². The van der Waals surface area contributed by atoms with Crippen molar-refractivity contribution in [3.8, 4) is 11.1 Å². The van der Waals surface area contributed by atoms with Crippen LogP contribution in [-0.4, -0.2) is 36.4 Å². The summed E-state index contributed by atoms with van der Waals surface area (Å²) >= 11 is 0.358. The van der Waals surface area contributed by atoms with E-state index in [9.17, 15) is 35.9 Å². The van der Waals surface area contributed by atoms with E-state index in [1.54, 1.807) is 29.6 Å². The van der Waals surface area contributed by atoms with Gasteiger partial charge in [0.15, 0.2) is 12.2 Å². The van der Waals surface area contributed by atoms with E-state index in [1.807, 2.05) is 0 Å². The second kappa shape index (κ2) is 10.8. The first-order valence-corrected chi connectivity index (χ1v) is 12.4. The normalized spacial score (nSPS) is 17.3. The van der Waals surface area contributed by atoms with Gasteiger partial charge in [0.1, 0.15) is 11.4 Å². The van der Waals surface area contributed by atoms with Crippen LogP contribution in [0.1, 0.15) is 43.4 Å². The Morgan fingerprint density at radius 2 is 1.82 bits per heavy atom. The van der Waals surface area contributed by atoms with Crippen molar-refractivity contribution in [3.63, 3.8) is 0 Å². The van der Waals surface area contributed by atoms with Gasteiger partial charge in [0.2, 0.25) is 5.91 Å². The lowest BCUT2D eigenvalue weighted by Crippen LogP contribution is -2.53. The maximum absolute atomic E-state index is 15.2. The number of carbonyl (C=O) groups excluding carboxylic acids is 2. The van der Waals surface area contributed by atoms with Gasteiger partial charge in [0, 0.05) is 17.7 Å². The molecule has 0 aromatic heterocycles. The van der Waals surface area contributed by atoms with Gasteiger partial charge in [-0.25, -0.2) is 4.39 Å². The van der Waals surface area contributed by atoms with Gasteiger partial charge in [-0.05, 0) is 49.8 Å². The molecule has 7 nitrogen and oxygen atoms in total. The summed E-state index contributed by atoms with van der Waals surface area (Å²) in [5.74, 6) is -3.82. The molecule has 0 radical (unpaired) electrons. The standard InChI is InChI=1S/C24H22F7N3O4S/c1-13(32-20(35)22(9-10-22)33-21(36)23(26,27)28)16-8-7-15(12-18(16)25)17-6-2-4-14-5-3-11-34(19(14)17)39-38-37-24(29,30)31/h2,4,6-8,12-13H,3,5,9-11H2,1H3,(H,32,35)(H,33,36)/t13-/m1/s1. The zero-order chi connectivity index (χ0) is 28.6. The zero-order valence-corrected chi connectivity index (χ0v) is 21.0. The summed E-state index contributed by atoms with van der Waals surface area (Å²) in [5, 5.41) is 4.16. The van der Waals surface area contributed by atoms with Crippen molar-refractivity contribution in [2.45, 2.75) is 56.7 Å². The lowest BCUT2D eigenvalue weighted by Gasteiger charge is -2.30. The van der Waals surface area contributed by atoms with Crippen LogP contribution in [-0.2, 0) is 25.2 Å². The number of para-hydroxylation sites is 1. The van der Waals surface area contributed by atoms with Crippen LogP contribution in [0.4, 0.5) is 36.4 Å². The second-order valence-corrected chi connectivity index (χ2v) is 9.88. The maximum Gasteiger partial charge on any atom is 0.550 e. The van der Waals surface area contributed by atoms with Gasteiger partial charge >= 0.3 is 18.4 Å². The summed E-state index contributed by atoms with van der Waals surface area (Å²) in [6, 6.07) is 8.39.